The number of rotatable bonds is 5. The molecule has 5 heteroatoms. The summed E-state index contributed by atoms with van der Waals surface area (Å²) in [5.41, 5.74) is 1.68. The first-order chi connectivity index (χ1) is 9.66. The number of pyridine rings is 1. The molecule has 1 aromatic heterocycles. The summed E-state index contributed by atoms with van der Waals surface area (Å²) in [6.07, 6.45) is 3.21. The molecule has 1 heterocycles. The topological polar surface area (TPSA) is 45.2 Å². The number of hydrogen-bond acceptors (Lipinski definition) is 3. The SMILES string of the molecule is CN(CCNC(=O)c1ccncc1)c1ccc(Cl)cc1. The Labute approximate surface area is 123 Å². The predicted octanol–water partition coefficient (Wildman–Crippen LogP) is 2.60. The maximum Gasteiger partial charge on any atom is 0.251 e. The molecule has 0 aliphatic heterocycles. The van der Waals surface area contributed by atoms with Crippen molar-refractivity contribution in [1.29, 1.82) is 0 Å². The standard InChI is InChI=1S/C15H16ClN3O/c1-19(14-4-2-13(16)3-5-14)11-10-18-15(20)12-6-8-17-9-7-12/h2-9H,10-11H2,1H3,(H,18,20). The average molecular weight is 290 g/mol. The van der Waals surface area contributed by atoms with Gasteiger partial charge in [0.1, 0.15) is 0 Å². The van der Waals surface area contributed by atoms with Crippen LogP contribution in [0.4, 0.5) is 5.69 Å². The van der Waals surface area contributed by atoms with Crippen molar-refractivity contribution in [3.63, 3.8) is 0 Å². The number of hydrogen-bond donors (Lipinski definition) is 1. The third-order valence-electron chi connectivity index (χ3n) is 2.94. The average Bonchev–Trinajstić information content (AvgIpc) is 2.48. The van der Waals surface area contributed by atoms with Crippen LogP contribution in [0.5, 0.6) is 0 Å². The quantitative estimate of drug-likeness (QED) is 0.920. The summed E-state index contributed by atoms with van der Waals surface area (Å²) >= 11 is 5.85. The largest absolute Gasteiger partial charge is 0.373 e. The Kier molecular flexibility index (Phi) is 4.96. The number of halogens is 1. The van der Waals surface area contributed by atoms with E-state index in [1.54, 1.807) is 24.5 Å². The Hall–Kier alpha value is -2.07. The Bertz CT molecular complexity index is 557. The van der Waals surface area contributed by atoms with Crippen LogP contribution in [0.15, 0.2) is 48.8 Å². The van der Waals surface area contributed by atoms with Gasteiger partial charge in [0.15, 0.2) is 0 Å². The molecule has 0 saturated carbocycles. The summed E-state index contributed by atoms with van der Waals surface area (Å²) in [7, 11) is 1.97. The minimum Gasteiger partial charge on any atom is -0.373 e. The highest BCUT2D eigenvalue weighted by molar-refractivity contribution is 6.30. The van der Waals surface area contributed by atoms with Gasteiger partial charge in [0.2, 0.25) is 0 Å². The molecule has 0 atom stereocenters. The Morgan fingerprint density at radius 2 is 1.85 bits per heavy atom. The number of anilines is 1. The van der Waals surface area contributed by atoms with Crippen molar-refractivity contribution in [3.8, 4) is 0 Å². The van der Waals surface area contributed by atoms with E-state index in [2.05, 4.69) is 15.2 Å². The van der Waals surface area contributed by atoms with E-state index in [-0.39, 0.29) is 5.91 Å². The monoisotopic (exact) mass is 289 g/mol. The second-order valence-corrected chi connectivity index (χ2v) is 4.83. The number of benzene rings is 1. The molecule has 20 heavy (non-hydrogen) atoms. The van der Waals surface area contributed by atoms with E-state index < -0.39 is 0 Å². The van der Waals surface area contributed by atoms with E-state index in [9.17, 15) is 4.79 Å². The zero-order valence-electron chi connectivity index (χ0n) is 11.2. The van der Waals surface area contributed by atoms with Gasteiger partial charge in [-0.3, -0.25) is 9.78 Å². The summed E-state index contributed by atoms with van der Waals surface area (Å²) in [6.45, 7) is 1.29. The highest BCUT2D eigenvalue weighted by Crippen LogP contribution is 2.16. The molecule has 104 valence electrons. The molecule has 0 radical (unpaired) electrons. The van der Waals surface area contributed by atoms with E-state index in [1.165, 1.54) is 0 Å². The predicted molar refractivity (Wildman–Crippen MR) is 81.3 cm³/mol. The van der Waals surface area contributed by atoms with Gasteiger partial charge < -0.3 is 10.2 Å². The van der Waals surface area contributed by atoms with Crippen LogP contribution in [0.2, 0.25) is 5.02 Å². The van der Waals surface area contributed by atoms with E-state index >= 15 is 0 Å². The van der Waals surface area contributed by atoms with Gasteiger partial charge >= 0.3 is 0 Å². The van der Waals surface area contributed by atoms with Crippen molar-refractivity contribution in [2.75, 3.05) is 25.0 Å². The highest BCUT2D eigenvalue weighted by atomic mass is 35.5. The number of nitrogens with one attached hydrogen (secondary N) is 1. The van der Waals surface area contributed by atoms with Gasteiger partial charge in [-0.2, -0.15) is 0 Å². The van der Waals surface area contributed by atoms with Crippen LogP contribution in [-0.4, -0.2) is 31.0 Å². The molecule has 0 aliphatic rings. The third-order valence-corrected chi connectivity index (χ3v) is 3.19. The fraction of sp³-hybridized carbons (Fsp3) is 0.200. The molecule has 0 spiro atoms. The maximum absolute atomic E-state index is 11.8. The molecule has 0 fully saturated rings. The second kappa shape index (κ2) is 6.91. The lowest BCUT2D eigenvalue weighted by Crippen LogP contribution is -2.32. The summed E-state index contributed by atoms with van der Waals surface area (Å²) in [4.78, 5) is 17.8. The van der Waals surface area contributed by atoms with Crippen LogP contribution in [0.1, 0.15) is 10.4 Å². The van der Waals surface area contributed by atoms with Crippen LogP contribution in [0.3, 0.4) is 0 Å². The van der Waals surface area contributed by atoms with Crippen LogP contribution in [0.25, 0.3) is 0 Å². The third kappa shape index (κ3) is 3.96. The molecule has 4 nitrogen and oxygen atoms in total. The van der Waals surface area contributed by atoms with Gasteiger partial charge in [0.05, 0.1) is 0 Å². The molecular weight excluding hydrogens is 274 g/mol. The Balaban J connectivity index is 1.81. The molecule has 1 aromatic carbocycles. The van der Waals surface area contributed by atoms with E-state index in [0.717, 1.165) is 12.2 Å². The van der Waals surface area contributed by atoms with Crippen LogP contribution in [0, 0.1) is 0 Å². The Morgan fingerprint density at radius 1 is 1.20 bits per heavy atom. The molecule has 2 rings (SSSR count). The smallest absolute Gasteiger partial charge is 0.251 e. The number of nitrogens with zero attached hydrogens (tertiary/aromatic N) is 2. The molecule has 0 bridgehead atoms. The van der Waals surface area contributed by atoms with Crippen molar-refractivity contribution < 1.29 is 4.79 Å². The molecule has 2 aromatic rings. The molecule has 0 saturated heterocycles. The first-order valence-electron chi connectivity index (χ1n) is 6.32. The van der Waals surface area contributed by atoms with Gasteiger partial charge in [0.25, 0.3) is 5.91 Å². The van der Waals surface area contributed by atoms with E-state index in [0.29, 0.717) is 17.1 Å². The van der Waals surface area contributed by atoms with E-state index in [4.69, 9.17) is 11.6 Å². The number of carbonyl (C=O) groups excluding carboxylic acids is 1. The lowest BCUT2D eigenvalue weighted by molar-refractivity contribution is 0.0954. The zero-order valence-corrected chi connectivity index (χ0v) is 12.0. The van der Waals surface area contributed by atoms with Gasteiger partial charge in [-0.05, 0) is 36.4 Å². The van der Waals surface area contributed by atoms with Gasteiger partial charge in [-0.25, -0.2) is 0 Å². The minimum absolute atomic E-state index is 0.0862. The van der Waals surface area contributed by atoms with Crippen molar-refractivity contribution in [3.05, 3.63) is 59.4 Å². The maximum atomic E-state index is 11.8. The normalized spacial score (nSPS) is 10.1. The van der Waals surface area contributed by atoms with Crippen molar-refractivity contribution in [1.82, 2.24) is 10.3 Å². The van der Waals surface area contributed by atoms with Gasteiger partial charge in [-0.1, -0.05) is 11.6 Å². The minimum atomic E-state index is -0.0862. The fourth-order valence-electron chi connectivity index (χ4n) is 1.77. The summed E-state index contributed by atoms with van der Waals surface area (Å²) in [6, 6.07) is 11.0. The molecule has 1 N–H and O–H groups in total. The lowest BCUT2D eigenvalue weighted by atomic mass is 10.2. The molecule has 1 amide bonds. The van der Waals surface area contributed by atoms with Gasteiger partial charge in [-0.15, -0.1) is 0 Å². The Morgan fingerprint density at radius 3 is 2.50 bits per heavy atom. The lowest BCUT2D eigenvalue weighted by Gasteiger charge is -2.19. The van der Waals surface area contributed by atoms with Crippen LogP contribution < -0.4 is 10.2 Å². The number of amides is 1. The number of likely N-dealkylation sites (N-methyl/N-ethyl adjacent to an activating group) is 1. The van der Waals surface area contributed by atoms with Crippen molar-refractivity contribution in [2.24, 2.45) is 0 Å². The molecular formula is C15H16ClN3O. The number of aromatic nitrogens is 1. The summed E-state index contributed by atoms with van der Waals surface area (Å²) in [5, 5.41) is 3.59. The molecule has 0 unspecified atom stereocenters. The zero-order chi connectivity index (χ0) is 14.4. The van der Waals surface area contributed by atoms with Crippen molar-refractivity contribution in [2.45, 2.75) is 0 Å². The van der Waals surface area contributed by atoms with E-state index in [1.807, 2.05) is 31.3 Å². The molecule has 0 aliphatic carbocycles. The first-order valence-corrected chi connectivity index (χ1v) is 6.69. The summed E-state index contributed by atoms with van der Waals surface area (Å²) < 4.78 is 0. The van der Waals surface area contributed by atoms with Crippen molar-refractivity contribution >= 4 is 23.2 Å². The highest BCUT2D eigenvalue weighted by Gasteiger charge is 2.05. The number of carbonyl (C=O) groups is 1. The van der Waals surface area contributed by atoms with Crippen LogP contribution >= 0.6 is 11.6 Å². The fourth-order valence-corrected chi connectivity index (χ4v) is 1.89. The summed E-state index contributed by atoms with van der Waals surface area (Å²) in [5.74, 6) is -0.0862. The van der Waals surface area contributed by atoms with Crippen LogP contribution in [-0.2, 0) is 0 Å². The second-order valence-electron chi connectivity index (χ2n) is 4.39. The van der Waals surface area contributed by atoms with Gasteiger partial charge in [0, 0.05) is 48.8 Å². The first kappa shape index (κ1) is 14.3.